The van der Waals surface area contributed by atoms with Crippen LogP contribution in [0.1, 0.15) is 228 Å². The summed E-state index contributed by atoms with van der Waals surface area (Å²) in [7, 11) is -7.06. The molecular weight excluding hydrogens is 1500 g/mol. The van der Waals surface area contributed by atoms with Gasteiger partial charge >= 0.3 is 5.97 Å². The van der Waals surface area contributed by atoms with Crippen molar-refractivity contribution in [3.05, 3.63) is 12.2 Å². The summed E-state index contributed by atoms with van der Waals surface area (Å²) in [4.78, 5) is 68.6. The van der Waals surface area contributed by atoms with E-state index >= 15 is 0 Å². The zero-order valence-corrected chi connectivity index (χ0v) is 72.8. The fourth-order valence-corrected chi connectivity index (χ4v) is 17.5. The second-order valence-electron chi connectivity index (χ2n) is 32.5. The van der Waals surface area contributed by atoms with Crippen molar-refractivity contribution < 1.29 is 115 Å². The first-order chi connectivity index (χ1) is 41.9. The molecule has 5 fully saturated rings. The third kappa shape index (κ3) is 34.9. The Hall–Kier alpha value is -1.44. The summed E-state index contributed by atoms with van der Waals surface area (Å²) in [5.74, 6) is -1.15. The molecule has 0 aliphatic heterocycles. The van der Waals surface area contributed by atoms with E-state index in [-0.39, 0.29) is 106 Å². The molecule has 5 aliphatic carbocycles. The van der Waals surface area contributed by atoms with Gasteiger partial charge in [-0.25, -0.2) is 0 Å². The predicted molar refractivity (Wildman–Crippen MR) is 388 cm³/mol. The number of azo groups is 1. The number of hydrogen-bond acceptors (Lipinski definition) is 12. The van der Waals surface area contributed by atoms with Crippen LogP contribution in [0.2, 0.25) is 72.5 Å². The smallest absolute Gasteiger partial charge is 0.309 e. The molecule has 564 valence electrons. The average Bonchev–Trinajstić information content (AvgIpc) is 1.54. The Morgan fingerprint density at radius 3 is 1.26 bits per heavy atom. The van der Waals surface area contributed by atoms with Crippen LogP contribution in [0.15, 0.2) is 22.4 Å². The molecule has 4 unspecified atom stereocenters. The van der Waals surface area contributed by atoms with Gasteiger partial charge in [0.05, 0.1) is 17.9 Å². The summed E-state index contributed by atoms with van der Waals surface area (Å²) >= 11 is 9.53. The summed E-state index contributed by atoms with van der Waals surface area (Å²) in [6, 6.07) is 0. The number of hydrogen-bond donors (Lipinski definition) is 4. The molecule has 0 bridgehead atoms. The molecular formula is C69H134Cl2N2O16Rh2Si4. The van der Waals surface area contributed by atoms with E-state index in [9.17, 15) is 14.4 Å². The van der Waals surface area contributed by atoms with Crippen LogP contribution in [-0.4, -0.2) is 133 Å². The SMILES string of the molecule is C=C(CCO[Si](C)(C)C(C)(C)C)[C@H]1CCC2[C@@H](O[Si](C)(C)C(C)(C)C)CCC[C@@]21C.CC(=O)O.CC(=O)O.CC(=O)O.CC(=O)O.CCC(=O)N=NC=O.CCOC(=O)C1CC1(CCO[Si](C)(C)C(C)(C)C)[C@H]1CCC2[C@@H](O[Si](C)(C)C(C)(C)C)CCC[C@@]21C.ClCCl.[Rh].[Rh]. The van der Waals surface area contributed by atoms with Gasteiger partial charge < -0.3 is 42.9 Å². The van der Waals surface area contributed by atoms with Crippen LogP contribution < -0.4 is 0 Å². The first-order valence-electron chi connectivity index (χ1n) is 33.7. The minimum atomic E-state index is -1.83. The van der Waals surface area contributed by atoms with Crippen LogP contribution in [0.5, 0.6) is 0 Å². The quantitative estimate of drug-likeness (QED) is 0.0248. The van der Waals surface area contributed by atoms with Crippen LogP contribution in [0.4, 0.5) is 0 Å². The molecule has 5 aliphatic rings. The first kappa shape index (κ1) is 102. The summed E-state index contributed by atoms with van der Waals surface area (Å²) in [5, 5.41) is 36.7. The summed E-state index contributed by atoms with van der Waals surface area (Å²) in [6.45, 7) is 66.8. The standard InChI is InChI=1S/C30H58O4Si2.C26H52O2Si2.C4H6N2O2.4C2H4O2.CH2Cl2.2Rh/c1-13-32-26(31)23-21-30(23,19-20-33-35(9,10)27(2,3)4)25-17-16-22-24(15-14-18-29(22,25)8)34-36(11,12)28(5,6)7;1-20(17-19-27-29(9,10)24(2,3)4)21-15-16-22-23(14-13-18-26(21,22)8)28-30(11,12)25(5,6)7;1-2-4(8)6-5-3-7;4*1-2(3)4;2-1-3;;/h22-25H,13-21H2,1-12H3;21-23H,1,13-19H2,2-12H3;3H,2H2,1H3;4*1H3,(H,3,4);1H2;;/t22?,23?,24-,25-,29-,30?;21-,22?,23+,26-;;;;;;;;/m01......../s1. The van der Waals surface area contributed by atoms with Gasteiger partial charge in [-0.15, -0.1) is 33.4 Å². The van der Waals surface area contributed by atoms with Crippen LogP contribution in [0.3, 0.4) is 0 Å². The van der Waals surface area contributed by atoms with Crippen molar-refractivity contribution >= 4 is 98.6 Å². The van der Waals surface area contributed by atoms with Gasteiger partial charge in [-0.05, 0) is 190 Å². The Morgan fingerprint density at radius 1 is 0.568 bits per heavy atom. The fourth-order valence-electron chi connectivity index (χ4n) is 12.7. The van der Waals surface area contributed by atoms with E-state index in [0.717, 1.165) is 60.2 Å². The molecule has 26 heteroatoms. The fraction of sp³-hybridized carbons (Fsp3) is 0.870. The number of halogens is 2. The van der Waals surface area contributed by atoms with Crippen molar-refractivity contribution in [2.24, 2.45) is 56.1 Å². The van der Waals surface area contributed by atoms with Crippen molar-refractivity contribution in [2.75, 3.05) is 25.2 Å². The van der Waals surface area contributed by atoms with E-state index in [1.165, 1.54) is 69.8 Å². The molecule has 0 saturated heterocycles. The molecule has 5 rings (SSSR count). The minimum Gasteiger partial charge on any atom is -0.481 e. The van der Waals surface area contributed by atoms with Gasteiger partial charge in [0.2, 0.25) is 0 Å². The van der Waals surface area contributed by atoms with Gasteiger partial charge in [0.25, 0.3) is 36.2 Å². The van der Waals surface area contributed by atoms with Crippen molar-refractivity contribution in [3.63, 3.8) is 0 Å². The third-order valence-electron chi connectivity index (χ3n) is 21.6. The Kier molecular flexibility index (Phi) is 47.5. The third-order valence-corrected chi connectivity index (χ3v) is 39.6. The van der Waals surface area contributed by atoms with E-state index in [0.29, 0.717) is 47.9 Å². The van der Waals surface area contributed by atoms with E-state index in [4.69, 9.17) is 85.2 Å². The number of aliphatic carboxylic acids is 4. The number of rotatable bonds is 18. The summed E-state index contributed by atoms with van der Waals surface area (Å²) < 4.78 is 32.9. The molecule has 18 nitrogen and oxygen atoms in total. The first-order valence-corrected chi connectivity index (χ1v) is 46.4. The van der Waals surface area contributed by atoms with Gasteiger partial charge in [-0.2, -0.15) is 0 Å². The summed E-state index contributed by atoms with van der Waals surface area (Å²) in [6.07, 6.45) is 17.0. The monoisotopic (exact) mass is 1630 g/mol. The van der Waals surface area contributed by atoms with E-state index in [1.54, 1.807) is 6.92 Å². The number of alkyl halides is 2. The maximum atomic E-state index is 13.1. The van der Waals surface area contributed by atoms with Gasteiger partial charge in [0.15, 0.2) is 33.3 Å². The molecule has 2 radical (unpaired) electrons. The van der Waals surface area contributed by atoms with E-state index < -0.39 is 57.1 Å². The van der Waals surface area contributed by atoms with E-state index in [2.05, 4.69) is 166 Å². The number of esters is 1. The molecule has 10 atom stereocenters. The number of nitrogens with zero attached hydrogens (tertiary/aromatic N) is 2. The molecule has 5 saturated carbocycles. The largest absolute Gasteiger partial charge is 0.481 e. The Balaban J connectivity index is -0.000000407. The van der Waals surface area contributed by atoms with Crippen LogP contribution in [0, 0.1) is 45.8 Å². The number of carbonyl (C=O) groups excluding carboxylic acids is 3. The molecule has 0 heterocycles. The van der Waals surface area contributed by atoms with Crippen molar-refractivity contribution in [1.82, 2.24) is 0 Å². The molecule has 0 aromatic rings. The van der Waals surface area contributed by atoms with Gasteiger partial charge in [0.1, 0.15) is 0 Å². The summed E-state index contributed by atoms with van der Waals surface area (Å²) in [5.41, 5.74) is 2.08. The second kappa shape index (κ2) is 44.2. The number of carboxylic acids is 4. The predicted octanol–water partition coefficient (Wildman–Crippen LogP) is 19.4. The van der Waals surface area contributed by atoms with Crippen molar-refractivity contribution in [2.45, 2.75) is 313 Å². The molecule has 0 spiro atoms. The maximum absolute atomic E-state index is 13.1. The Morgan fingerprint density at radius 2 is 0.916 bits per heavy atom. The van der Waals surface area contributed by atoms with Gasteiger partial charge in [-0.3, -0.25) is 33.6 Å². The number of carboxylic acid groups (broad SMARTS) is 4. The average molecular weight is 1640 g/mol. The number of carbonyl (C=O) groups is 7. The Bertz CT molecular complexity index is 2320. The minimum absolute atomic E-state index is 0. The van der Waals surface area contributed by atoms with E-state index in [1.807, 2.05) is 6.92 Å². The topological polar surface area (TPSA) is 271 Å². The molecule has 4 N–H and O–H groups in total. The number of fused-ring (bicyclic) bond motifs is 2. The normalized spacial score (nSPS) is 25.3. The Labute approximate surface area is 616 Å². The second-order valence-corrected chi connectivity index (χ2v) is 52.4. The van der Waals surface area contributed by atoms with Gasteiger partial charge in [-0.1, -0.05) is 129 Å². The zero-order chi connectivity index (χ0) is 74.0. The number of ether oxygens (including phenoxy) is 1. The molecule has 2 amide bonds. The number of amides is 2. The van der Waals surface area contributed by atoms with Crippen LogP contribution in [0.25, 0.3) is 0 Å². The molecule has 0 aromatic carbocycles. The van der Waals surface area contributed by atoms with Crippen molar-refractivity contribution in [3.8, 4) is 0 Å². The van der Waals surface area contributed by atoms with Crippen LogP contribution in [-0.2, 0) is 95.0 Å². The van der Waals surface area contributed by atoms with Crippen molar-refractivity contribution in [1.29, 1.82) is 0 Å². The molecule has 0 aromatic heterocycles. The zero-order valence-electron chi connectivity index (χ0n) is 64.1. The molecule has 95 heavy (non-hydrogen) atoms. The maximum Gasteiger partial charge on any atom is 0.309 e. The van der Waals surface area contributed by atoms with Crippen LogP contribution >= 0.6 is 23.2 Å². The van der Waals surface area contributed by atoms with Gasteiger partial charge in [0, 0.05) is 98.5 Å².